The fourth-order valence-corrected chi connectivity index (χ4v) is 4.73. The number of amides is 1. The molecule has 4 heterocycles. The van der Waals surface area contributed by atoms with Gasteiger partial charge in [-0.25, -0.2) is 14.8 Å². The second kappa shape index (κ2) is 13.2. The first kappa shape index (κ1) is 31.4. The minimum Gasteiger partial charge on any atom is -0.482 e. The molecule has 0 radical (unpaired) electrons. The van der Waals surface area contributed by atoms with Crippen molar-refractivity contribution in [2.24, 2.45) is 0 Å². The molecule has 1 amide bonds. The minimum atomic E-state index is -4.43. The molecule has 13 heteroatoms. The molecule has 9 nitrogen and oxygen atoms in total. The molecule has 2 atom stereocenters. The zero-order valence-corrected chi connectivity index (χ0v) is 24.1. The molecular weight excluding hydrogens is 589 g/mol. The number of H-pyrrole nitrogens is 1. The number of pyridine rings is 1. The Balaban J connectivity index is 0.000000475. The van der Waals surface area contributed by atoms with E-state index in [0.717, 1.165) is 34.9 Å². The summed E-state index contributed by atoms with van der Waals surface area (Å²) in [5, 5.41) is 10.5. The van der Waals surface area contributed by atoms with Crippen molar-refractivity contribution in [2.45, 2.75) is 51.8 Å². The average molecular weight is 617 g/mol. The van der Waals surface area contributed by atoms with Gasteiger partial charge in [0.15, 0.2) is 6.10 Å². The van der Waals surface area contributed by atoms with Crippen molar-refractivity contribution in [3.05, 3.63) is 82.8 Å². The Morgan fingerprint density at radius 3 is 2.60 bits per heavy atom. The van der Waals surface area contributed by atoms with Gasteiger partial charge in [-0.1, -0.05) is 32.4 Å². The van der Waals surface area contributed by atoms with Crippen molar-refractivity contribution in [3.8, 4) is 17.2 Å². The number of aromatic amines is 1. The maximum atomic E-state index is 13.1. The highest BCUT2D eigenvalue weighted by atomic mass is 35.5. The van der Waals surface area contributed by atoms with Crippen molar-refractivity contribution in [1.82, 2.24) is 15.0 Å². The number of aromatic nitrogens is 3. The molecule has 4 aromatic rings. The minimum absolute atomic E-state index is 0.0723. The number of anilines is 1. The first-order chi connectivity index (χ1) is 20.5. The number of carbonyl (C=O) groups is 2. The normalized spacial score (nSPS) is 17.0. The molecule has 2 aliphatic rings. The number of alkyl halides is 3. The number of carboxylic acids is 1. The van der Waals surface area contributed by atoms with Gasteiger partial charge in [0.2, 0.25) is 5.91 Å². The average Bonchev–Trinajstić information content (AvgIpc) is 3.54. The van der Waals surface area contributed by atoms with Crippen molar-refractivity contribution in [2.75, 3.05) is 5.32 Å². The number of nitrogens with one attached hydrogen (secondary N) is 2. The summed E-state index contributed by atoms with van der Waals surface area (Å²) in [5.41, 5.74) is 2.71. The third kappa shape index (κ3) is 7.08. The lowest BCUT2D eigenvalue weighted by Crippen LogP contribution is -2.20. The van der Waals surface area contributed by atoms with E-state index >= 15 is 0 Å². The van der Waals surface area contributed by atoms with E-state index in [4.69, 9.17) is 26.2 Å². The Kier molecular flexibility index (Phi) is 9.59. The molecule has 3 N–H and O–H groups in total. The van der Waals surface area contributed by atoms with Crippen LogP contribution in [0.4, 0.5) is 19.0 Å². The number of nitrogens with zero attached hydrogens (tertiary/aromatic N) is 2. The zero-order valence-electron chi connectivity index (χ0n) is 23.3. The number of fused-ring (bicyclic) bond motifs is 3. The molecule has 43 heavy (non-hydrogen) atoms. The molecule has 6 rings (SSSR count). The second-order valence-electron chi connectivity index (χ2n) is 9.30. The monoisotopic (exact) mass is 616 g/mol. The van der Waals surface area contributed by atoms with Crippen LogP contribution in [0.15, 0.2) is 60.3 Å². The van der Waals surface area contributed by atoms with E-state index in [9.17, 15) is 22.8 Å². The van der Waals surface area contributed by atoms with Gasteiger partial charge in [-0.15, -0.1) is 0 Å². The lowest BCUT2D eigenvalue weighted by Gasteiger charge is -2.19. The summed E-state index contributed by atoms with van der Waals surface area (Å²) < 4.78 is 51.5. The Morgan fingerprint density at radius 1 is 1.16 bits per heavy atom. The van der Waals surface area contributed by atoms with Gasteiger partial charge < -0.3 is 24.9 Å². The highest BCUT2D eigenvalue weighted by molar-refractivity contribution is 6.26. The van der Waals surface area contributed by atoms with E-state index in [1.807, 2.05) is 26.8 Å². The molecule has 2 aliphatic heterocycles. The van der Waals surface area contributed by atoms with E-state index in [0.29, 0.717) is 52.8 Å². The maximum absolute atomic E-state index is 13.1. The molecule has 1 unspecified atom stereocenters. The molecule has 0 spiro atoms. The standard InChI is InChI=1S/C25H19F3N4O3.C3H3ClO2.C2H6/c1-12-16-11-14(34-20-8-9-29-23-15(20)4-7-21(33)32-23)3-6-19(16)35-22(12)24-30-17-5-2-13(25(26,27)28)10-18(17)31-24;4-2-1-3(5)6;1-2/h2-3,5-6,8-12,22H,4,7H2,1H3,(H,30,31)(H,29,32,33);1-2H,(H,5,6);1-2H3/b;2-1+;/t12?,22-;;/m1../s1. The number of carboxylic acid groups (broad SMARTS) is 1. The quantitative estimate of drug-likeness (QED) is 0.200. The lowest BCUT2D eigenvalue weighted by atomic mass is 9.97. The Bertz CT molecular complexity index is 1670. The smallest absolute Gasteiger partial charge is 0.416 e. The Morgan fingerprint density at radius 2 is 1.93 bits per heavy atom. The van der Waals surface area contributed by atoms with Crippen LogP contribution in [0.1, 0.15) is 61.7 Å². The first-order valence-electron chi connectivity index (χ1n) is 13.4. The number of rotatable bonds is 4. The van der Waals surface area contributed by atoms with Crippen molar-refractivity contribution >= 4 is 40.3 Å². The largest absolute Gasteiger partial charge is 0.482 e. The summed E-state index contributed by atoms with van der Waals surface area (Å²) in [6.07, 6.45) is -1.57. The van der Waals surface area contributed by atoms with Crippen LogP contribution >= 0.6 is 11.6 Å². The molecule has 2 aromatic heterocycles. The van der Waals surface area contributed by atoms with Gasteiger partial charge in [-0.3, -0.25) is 4.79 Å². The van der Waals surface area contributed by atoms with Gasteiger partial charge in [0.25, 0.3) is 0 Å². The second-order valence-corrected chi connectivity index (χ2v) is 9.55. The van der Waals surface area contributed by atoms with Crippen LogP contribution in [-0.2, 0) is 22.2 Å². The van der Waals surface area contributed by atoms with Crippen LogP contribution in [0.2, 0.25) is 0 Å². The van der Waals surface area contributed by atoms with Gasteiger partial charge in [0.1, 0.15) is 28.9 Å². The number of hydrogen-bond donors (Lipinski definition) is 3. The van der Waals surface area contributed by atoms with Crippen LogP contribution in [0, 0.1) is 0 Å². The molecule has 226 valence electrons. The van der Waals surface area contributed by atoms with E-state index in [1.165, 1.54) is 6.07 Å². The van der Waals surface area contributed by atoms with Crippen molar-refractivity contribution in [1.29, 1.82) is 0 Å². The van der Waals surface area contributed by atoms with Crippen LogP contribution in [0.25, 0.3) is 11.0 Å². The number of halogens is 4. The van der Waals surface area contributed by atoms with Gasteiger partial charge >= 0.3 is 12.1 Å². The molecular formula is C30H28ClF3N4O5. The molecule has 0 fully saturated rings. The number of ether oxygens (including phenoxy) is 2. The Hall–Kier alpha value is -4.58. The van der Waals surface area contributed by atoms with Crippen molar-refractivity contribution in [3.63, 3.8) is 0 Å². The number of carbonyl (C=O) groups excluding carboxylic acids is 1. The van der Waals surface area contributed by atoms with Crippen LogP contribution in [-0.4, -0.2) is 31.9 Å². The van der Waals surface area contributed by atoms with Crippen LogP contribution < -0.4 is 14.8 Å². The first-order valence-corrected chi connectivity index (χ1v) is 13.8. The summed E-state index contributed by atoms with van der Waals surface area (Å²) in [5.74, 6) is 1.64. The fraction of sp³-hybridized carbons (Fsp3) is 0.267. The Labute approximate surface area is 249 Å². The summed E-state index contributed by atoms with van der Waals surface area (Å²) in [6, 6.07) is 10.7. The molecule has 0 saturated carbocycles. The number of hydrogen-bond acceptors (Lipinski definition) is 6. The molecule has 0 aliphatic carbocycles. The molecule has 0 saturated heterocycles. The highest BCUT2D eigenvalue weighted by Crippen LogP contribution is 2.47. The van der Waals surface area contributed by atoms with Crippen molar-refractivity contribution < 1.29 is 37.3 Å². The maximum Gasteiger partial charge on any atom is 0.416 e. The van der Waals surface area contributed by atoms with Crippen LogP contribution in [0.5, 0.6) is 17.2 Å². The van der Waals surface area contributed by atoms with E-state index in [2.05, 4.69) is 20.3 Å². The molecule has 0 bridgehead atoms. The predicted molar refractivity (Wildman–Crippen MR) is 155 cm³/mol. The summed E-state index contributed by atoms with van der Waals surface area (Å²) in [7, 11) is 0. The van der Waals surface area contributed by atoms with Gasteiger partial charge in [-0.2, -0.15) is 13.2 Å². The van der Waals surface area contributed by atoms with Gasteiger partial charge in [0, 0.05) is 41.3 Å². The van der Waals surface area contributed by atoms with Gasteiger partial charge in [0.05, 0.1) is 16.6 Å². The van der Waals surface area contributed by atoms with E-state index < -0.39 is 23.8 Å². The van der Waals surface area contributed by atoms with E-state index in [-0.39, 0.29) is 11.8 Å². The fourth-order valence-electron chi connectivity index (χ4n) is 4.62. The molecule has 2 aromatic carbocycles. The predicted octanol–water partition coefficient (Wildman–Crippen LogP) is 7.74. The lowest BCUT2D eigenvalue weighted by molar-refractivity contribution is -0.137. The third-order valence-electron chi connectivity index (χ3n) is 6.58. The number of benzene rings is 2. The highest BCUT2D eigenvalue weighted by Gasteiger charge is 2.36. The topological polar surface area (TPSA) is 126 Å². The number of aliphatic carboxylic acids is 1. The summed E-state index contributed by atoms with van der Waals surface area (Å²) >= 11 is 4.84. The summed E-state index contributed by atoms with van der Waals surface area (Å²) in [4.78, 5) is 32.8. The van der Waals surface area contributed by atoms with E-state index in [1.54, 1.807) is 24.4 Å². The number of imidazole rings is 1. The SMILES string of the molecule is CC.CC1c2cc(Oc3ccnc4c3CCC(=O)N4)ccc2O[C@H]1c1nc2ccc(C(F)(F)F)cc2[nH]1.O=C(O)/C=C/Cl. The van der Waals surface area contributed by atoms with Crippen LogP contribution in [0.3, 0.4) is 0 Å². The van der Waals surface area contributed by atoms with Gasteiger partial charge in [-0.05, 0) is 48.9 Å². The third-order valence-corrected chi connectivity index (χ3v) is 6.71. The zero-order chi connectivity index (χ0) is 31.3. The summed E-state index contributed by atoms with van der Waals surface area (Å²) in [6.45, 7) is 5.97.